The smallest absolute Gasteiger partial charge is 0.137 e. The lowest BCUT2D eigenvalue weighted by molar-refractivity contribution is 0.232. The Morgan fingerprint density at radius 1 is 1.39 bits per heavy atom. The summed E-state index contributed by atoms with van der Waals surface area (Å²) in [6.45, 7) is 4.90. The lowest BCUT2D eigenvalue weighted by atomic mass is 10.0. The number of hydrogen-bond donors (Lipinski definition) is 0. The maximum atomic E-state index is 13.0. The van der Waals surface area contributed by atoms with Crippen LogP contribution in [0.25, 0.3) is 0 Å². The van der Waals surface area contributed by atoms with Gasteiger partial charge in [0, 0.05) is 0 Å². The number of nitrogens with zero attached hydrogens (tertiary/aromatic N) is 1. The summed E-state index contributed by atoms with van der Waals surface area (Å²) in [5.41, 5.74) is 0.264. The second-order valence-electron chi connectivity index (χ2n) is 4.48. The molecule has 1 aromatic carbocycles. The molecule has 1 atom stereocenters. The third-order valence-electron chi connectivity index (χ3n) is 3.08. The van der Waals surface area contributed by atoms with Crippen LogP contribution >= 0.6 is 0 Å². The number of hydrogen-bond acceptors (Lipinski definition) is 2. The van der Waals surface area contributed by atoms with Gasteiger partial charge in [0.2, 0.25) is 0 Å². The second kappa shape index (κ2) is 7.71. The zero-order chi connectivity index (χ0) is 13.4. The Hall–Kier alpha value is -1.56. The highest BCUT2D eigenvalue weighted by atomic mass is 19.1. The fraction of sp³-hybridized carbons (Fsp3) is 0.533. The largest absolute Gasteiger partial charge is 0.492 e. The molecule has 0 fully saturated rings. The molecule has 18 heavy (non-hydrogen) atoms. The van der Waals surface area contributed by atoms with Crippen LogP contribution in [0.2, 0.25) is 0 Å². The zero-order valence-corrected chi connectivity index (χ0v) is 11.1. The summed E-state index contributed by atoms with van der Waals surface area (Å²) >= 11 is 0. The molecule has 0 bridgehead atoms. The van der Waals surface area contributed by atoms with Crippen LogP contribution in [-0.4, -0.2) is 6.61 Å². The lowest BCUT2D eigenvalue weighted by Crippen LogP contribution is -2.11. The highest BCUT2D eigenvalue weighted by Gasteiger charge is 2.09. The van der Waals surface area contributed by atoms with Crippen LogP contribution in [0.1, 0.15) is 45.1 Å². The van der Waals surface area contributed by atoms with Crippen molar-refractivity contribution in [2.45, 2.75) is 39.5 Å². The Labute approximate surface area is 108 Å². The SMILES string of the molecule is CCCCC(CC)COc1ccc(F)cc1C#N. The third kappa shape index (κ3) is 4.37. The number of nitriles is 1. The van der Waals surface area contributed by atoms with E-state index in [0.717, 1.165) is 12.8 Å². The second-order valence-corrected chi connectivity index (χ2v) is 4.48. The molecule has 0 aliphatic heterocycles. The van der Waals surface area contributed by atoms with Crippen molar-refractivity contribution in [2.75, 3.05) is 6.61 Å². The quantitative estimate of drug-likeness (QED) is 0.722. The predicted octanol–water partition coefficient (Wildman–Crippen LogP) is 4.29. The number of ether oxygens (including phenoxy) is 1. The molecule has 1 rings (SSSR count). The predicted molar refractivity (Wildman–Crippen MR) is 69.9 cm³/mol. The molecule has 0 radical (unpaired) electrons. The number of benzene rings is 1. The molecule has 3 heteroatoms. The van der Waals surface area contributed by atoms with Crippen molar-refractivity contribution in [1.29, 1.82) is 5.26 Å². The van der Waals surface area contributed by atoms with Gasteiger partial charge in [0.1, 0.15) is 17.6 Å². The topological polar surface area (TPSA) is 33.0 Å². The van der Waals surface area contributed by atoms with E-state index >= 15 is 0 Å². The third-order valence-corrected chi connectivity index (χ3v) is 3.08. The van der Waals surface area contributed by atoms with Gasteiger partial charge < -0.3 is 4.74 Å². The molecule has 98 valence electrons. The van der Waals surface area contributed by atoms with Crippen LogP contribution in [0, 0.1) is 23.1 Å². The molecule has 0 N–H and O–H groups in total. The molecule has 0 heterocycles. The van der Waals surface area contributed by atoms with Crippen molar-refractivity contribution in [3.8, 4) is 11.8 Å². The Morgan fingerprint density at radius 3 is 2.78 bits per heavy atom. The Bertz CT molecular complexity index is 411. The van der Waals surface area contributed by atoms with Crippen LogP contribution in [0.15, 0.2) is 18.2 Å². The molecular formula is C15H20FNO. The van der Waals surface area contributed by atoms with E-state index in [4.69, 9.17) is 10.00 Å². The molecule has 0 saturated heterocycles. The first-order chi connectivity index (χ1) is 8.71. The van der Waals surface area contributed by atoms with Crippen molar-refractivity contribution in [1.82, 2.24) is 0 Å². The molecule has 2 nitrogen and oxygen atoms in total. The van der Waals surface area contributed by atoms with E-state index in [2.05, 4.69) is 13.8 Å². The molecule has 0 spiro atoms. The van der Waals surface area contributed by atoms with E-state index in [0.29, 0.717) is 18.3 Å². The fourth-order valence-electron chi connectivity index (χ4n) is 1.82. The molecule has 0 amide bonds. The standard InChI is InChI=1S/C15H20FNO/c1-3-5-6-12(4-2)11-18-15-8-7-14(16)9-13(15)10-17/h7-9,12H,3-6,11H2,1-2H3. The maximum absolute atomic E-state index is 13.0. The highest BCUT2D eigenvalue weighted by Crippen LogP contribution is 2.21. The van der Waals surface area contributed by atoms with E-state index in [-0.39, 0.29) is 5.56 Å². The van der Waals surface area contributed by atoms with Gasteiger partial charge in [-0.3, -0.25) is 0 Å². The fourth-order valence-corrected chi connectivity index (χ4v) is 1.82. The number of rotatable bonds is 7. The van der Waals surface area contributed by atoms with Gasteiger partial charge in [-0.05, 0) is 30.5 Å². The molecule has 0 aromatic heterocycles. The van der Waals surface area contributed by atoms with Gasteiger partial charge in [-0.15, -0.1) is 0 Å². The molecule has 0 saturated carbocycles. The summed E-state index contributed by atoms with van der Waals surface area (Å²) in [6.07, 6.45) is 4.56. The minimum Gasteiger partial charge on any atom is -0.492 e. The zero-order valence-electron chi connectivity index (χ0n) is 11.1. The Balaban J connectivity index is 2.59. The highest BCUT2D eigenvalue weighted by molar-refractivity contribution is 5.42. The summed E-state index contributed by atoms with van der Waals surface area (Å²) in [7, 11) is 0. The molecule has 0 aliphatic rings. The monoisotopic (exact) mass is 249 g/mol. The summed E-state index contributed by atoms with van der Waals surface area (Å²) < 4.78 is 18.6. The first-order valence-electron chi connectivity index (χ1n) is 6.53. The van der Waals surface area contributed by atoms with Crippen LogP contribution in [0.5, 0.6) is 5.75 Å². The van der Waals surface area contributed by atoms with Crippen LogP contribution in [0.3, 0.4) is 0 Å². The van der Waals surface area contributed by atoms with Crippen molar-refractivity contribution in [2.24, 2.45) is 5.92 Å². The van der Waals surface area contributed by atoms with Crippen LogP contribution in [0.4, 0.5) is 4.39 Å². The Kier molecular flexibility index (Phi) is 6.21. The average Bonchev–Trinajstić information content (AvgIpc) is 2.40. The van der Waals surface area contributed by atoms with Gasteiger partial charge in [0.05, 0.1) is 12.2 Å². The first kappa shape index (κ1) is 14.5. The summed E-state index contributed by atoms with van der Waals surface area (Å²) in [4.78, 5) is 0. The van der Waals surface area contributed by atoms with Gasteiger partial charge in [-0.1, -0.05) is 33.1 Å². The Morgan fingerprint density at radius 2 is 2.17 bits per heavy atom. The summed E-state index contributed by atoms with van der Waals surface area (Å²) in [6, 6.07) is 6.02. The van der Waals surface area contributed by atoms with E-state index in [1.54, 1.807) is 0 Å². The normalized spacial score (nSPS) is 11.9. The molecule has 1 unspecified atom stereocenters. The maximum Gasteiger partial charge on any atom is 0.137 e. The van der Waals surface area contributed by atoms with Crippen LogP contribution < -0.4 is 4.74 Å². The van der Waals surface area contributed by atoms with E-state index in [9.17, 15) is 4.39 Å². The van der Waals surface area contributed by atoms with Crippen LogP contribution in [-0.2, 0) is 0 Å². The van der Waals surface area contributed by atoms with Crippen molar-refractivity contribution in [3.05, 3.63) is 29.6 Å². The minimum absolute atomic E-state index is 0.264. The van der Waals surface area contributed by atoms with Gasteiger partial charge >= 0.3 is 0 Å². The van der Waals surface area contributed by atoms with E-state index in [1.807, 2.05) is 6.07 Å². The molecule has 0 aliphatic carbocycles. The average molecular weight is 249 g/mol. The van der Waals surface area contributed by atoms with Gasteiger partial charge in [-0.25, -0.2) is 4.39 Å². The number of unbranched alkanes of at least 4 members (excludes halogenated alkanes) is 1. The van der Waals surface area contributed by atoms with Gasteiger partial charge in [-0.2, -0.15) is 5.26 Å². The van der Waals surface area contributed by atoms with Gasteiger partial charge in [0.25, 0.3) is 0 Å². The first-order valence-corrected chi connectivity index (χ1v) is 6.53. The molecular weight excluding hydrogens is 229 g/mol. The lowest BCUT2D eigenvalue weighted by Gasteiger charge is -2.16. The van der Waals surface area contributed by atoms with Crippen molar-refractivity contribution >= 4 is 0 Å². The molecule has 1 aromatic rings. The number of halogens is 1. The van der Waals surface area contributed by atoms with Gasteiger partial charge in [0.15, 0.2) is 0 Å². The van der Waals surface area contributed by atoms with Crippen molar-refractivity contribution < 1.29 is 9.13 Å². The summed E-state index contributed by atoms with van der Waals surface area (Å²) in [5.74, 6) is 0.576. The van der Waals surface area contributed by atoms with E-state index < -0.39 is 5.82 Å². The minimum atomic E-state index is -0.406. The van der Waals surface area contributed by atoms with Crippen molar-refractivity contribution in [3.63, 3.8) is 0 Å². The van der Waals surface area contributed by atoms with E-state index in [1.165, 1.54) is 31.0 Å². The summed E-state index contributed by atoms with van der Waals surface area (Å²) in [5, 5.41) is 8.91.